The summed E-state index contributed by atoms with van der Waals surface area (Å²) < 4.78 is 6.98. The van der Waals surface area contributed by atoms with E-state index in [-0.39, 0.29) is 11.3 Å². The topological polar surface area (TPSA) is 70.1 Å². The molecule has 20 heavy (non-hydrogen) atoms. The number of allylic oxidation sites excluding steroid dienone is 3. The zero-order chi connectivity index (χ0) is 14.5. The zero-order valence-electron chi connectivity index (χ0n) is 11.2. The number of ether oxygens (including phenoxy) is 1. The molecule has 3 rings (SSSR count). The molecule has 0 amide bonds. The number of carbonyl (C=O) groups is 1. The van der Waals surface area contributed by atoms with Gasteiger partial charge in [-0.1, -0.05) is 25.4 Å². The largest absolute Gasteiger partial charge is 0.462 e. The third kappa shape index (κ3) is 1.78. The molecule has 6 heteroatoms. The van der Waals surface area contributed by atoms with E-state index >= 15 is 0 Å². The average molecular weight is 292 g/mol. The van der Waals surface area contributed by atoms with Crippen LogP contribution in [0, 0.1) is 5.41 Å². The lowest BCUT2D eigenvalue weighted by Gasteiger charge is -2.20. The second-order valence-electron chi connectivity index (χ2n) is 5.52. The van der Waals surface area contributed by atoms with Crippen LogP contribution in [0.2, 0.25) is 0 Å². The predicted octanol–water partition coefficient (Wildman–Crippen LogP) is 2.53. The van der Waals surface area contributed by atoms with Crippen LogP contribution in [0.5, 0.6) is 0 Å². The summed E-state index contributed by atoms with van der Waals surface area (Å²) in [4.78, 5) is 16.5. The quantitative estimate of drug-likeness (QED) is 0.863. The lowest BCUT2D eigenvalue weighted by molar-refractivity contribution is 0.0928. The average Bonchev–Trinajstić information content (AvgIpc) is 2.99. The van der Waals surface area contributed by atoms with Gasteiger partial charge in [0.2, 0.25) is 0 Å². The van der Waals surface area contributed by atoms with Gasteiger partial charge in [0.15, 0.2) is 0 Å². The Morgan fingerprint density at radius 1 is 1.55 bits per heavy atom. The van der Waals surface area contributed by atoms with E-state index in [1.54, 1.807) is 12.4 Å². The number of hydrogen-bond acceptors (Lipinski definition) is 4. The van der Waals surface area contributed by atoms with Gasteiger partial charge in [-0.2, -0.15) is 0 Å². The first-order chi connectivity index (χ1) is 9.42. The van der Waals surface area contributed by atoms with Crippen LogP contribution < -0.4 is 5.73 Å². The summed E-state index contributed by atoms with van der Waals surface area (Å²) in [5.74, 6) is 0.368. The number of hydrogen-bond donors (Lipinski definition) is 1. The predicted molar refractivity (Wildman–Crippen MR) is 74.5 cm³/mol. The van der Waals surface area contributed by atoms with Crippen LogP contribution in [-0.4, -0.2) is 15.5 Å². The molecule has 0 saturated heterocycles. The van der Waals surface area contributed by atoms with Gasteiger partial charge in [0.25, 0.3) is 5.91 Å². The van der Waals surface area contributed by atoms with Crippen LogP contribution in [0.4, 0.5) is 0 Å². The maximum atomic E-state index is 12.6. The Balaban J connectivity index is 2.15. The van der Waals surface area contributed by atoms with E-state index in [1.807, 2.05) is 13.8 Å². The minimum absolute atomic E-state index is 0.156. The Morgan fingerprint density at radius 2 is 2.30 bits per heavy atom. The molecule has 2 N–H and O–H groups in total. The van der Waals surface area contributed by atoms with Gasteiger partial charge in [-0.3, -0.25) is 9.36 Å². The minimum Gasteiger partial charge on any atom is -0.462 e. The number of fused-ring (bicyclic) bond motifs is 1. The van der Waals surface area contributed by atoms with E-state index in [0.29, 0.717) is 28.5 Å². The smallest absolute Gasteiger partial charge is 0.263 e. The van der Waals surface area contributed by atoms with Crippen molar-refractivity contribution in [3.05, 3.63) is 52.6 Å². The fourth-order valence-electron chi connectivity index (χ4n) is 2.63. The molecular weight excluding hydrogens is 278 g/mol. The lowest BCUT2D eigenvalue weighted by atomic mass is 9.84. The number of imidazole rings is 1. The summed E-state index contributed by atoms with van der Waals surface area (Å²) >= 11 is 5.98. The molecule has 0 aromatic carbocycles. The first-order valence-corrected chi connectivity index (χ1v) is 6.59. The summed E-state index contributed by atoms with van der Waals surface area (Å²) in [7, 11) is 0. The van der Waals surface area contributed by atoms with E-state index in [2.05, 4.69) is 4.98 Å². The number of rotatable bonds is 1. The van der Waals surface area contributed by atoms with Crippen molar-refractivity contribution in [2.24, 2.45) is 11.1 Å². The summed E-state index contributed by atoms with van der Waals surface area (Å²) in [6.45, 7) is 3.97. The third-order valence-electron chi connectivity index (χ3n) is 3.61. The fourth-order valence-corrected chi connectivity index (χ4v) is 2.79. The molecule has 0 spiro atoms. The van der Waals surface area contributed by atoms with E-state index in [9.17, 15) is 4.79 Å². The molecule has 1 aliphatic heterocycles. The number of aromatic nitrogens is 2. The van der Waals surface area contributed by atoms with Crippen molar-refractivity contribution in [3.63, 3.8) is 0 Å². The van der Waals surface area contributed by atoms with Crippen molar-refractivity contribution in [1.29, 1.82) is 0 Å². The molecule has 2 heterocycles. The highest BCUT2D eigenvalue weighted by Gasteiger charge is 2.43. The number of nitrogens with zero attached hydrogens (tertiary/aromatic N) is 2. The Kier molecular flexibility index (Phi) is 2.76. The highest BCUT2D eigenvalue weighted by Crippen LogP contribution is 2.49. The molecule has 104 valence electrons. The molecule has 0 saturated carbocycles. The number of halogens is 1. The number of nitrogens with two attached hydrogens (primary N) is 1. The van der Waals surface area contributed by atoms with Crippen LogP contribution in [0.3, 0.4) is 0 Å². The third-order valence-corrected chi connectivity index (χ3v) is 3.90. The minimum atomic E-state index is -0.369. The van der Waals surface area contributed by atoms with Crippen LogP contribution in [0.1, 0.15) is 25.1 Å². The summed E-state index contributed by atoms with van der Waals surface area (Å²) in [6.07, 6.45) is 6.65. The summed E-state index contributed by atoms with van der Waals surface area (Å²) in [6, 6.07) is 0. The SMILES string of the molecule is CC1(C)CC2=C(N)C(Cl)=COC2=C1C(=O)n1ccnc1. The van der Waals surface area contributed by atoms with Crippen LogP contribution in [0.15, 0.2) is 52.6 Å². The Bertz CT molecular complexity index is 681. The second-order valence-corrected chi connectivity index (χ2v) is 5.92. The van der Waals surface area contributed by atoms with Gasteiger partial charge < -0.3 is 10.5 Å². The van der Waals surface area contributed by atoms with Gasteiger partial charge in [0.1, 0.15) is 18.3 Å². The maximum absolute atomic E-state index is 12.6. The van der Waals surface area contributed by atoms with Crippen LogP contribution in [-0.2, 0) is 4.74 Å². The van der Waals surface area contributed by atoms with Gasteiger partial charge in [-0.15, -0.1) is 0 Å². The second kappa shape index (κ2) is 4.24. The molecule has 0 unspecified atom stereocenters. The van der Waals surface area contributed by atoms with Gasteiger partial charge in [0, 0.05) is 23.4 Å². The van der Waals surface area contributed by atoms with Crippen LogP contribution in [0.25, 0.3) is 0 Å². The lowest BCUT2D eigenvalue weighted by Crippen LogP contribution is -2.22. The van der Waals surface area contributed by atoms with E-state index in [1.165, 1.54) is 17.2 Å². The van der Waals surface area contributed by atoms with E-state index < -0.39 is 0 Å². The molecule has 1 aromatic heterocycles. The van der Waals surface area contributed by atoms with E-state index in [0.717, 1.165) is 5.57 Å². The Morgan fingerprint density at radius 3 is 2.95 bits per heavy atom. The van der Waals surface area contributed by atoms with Gasteiger partial charge in [0.05, 0.1) is 16.3 Å². The highest BCUT2D eigenvalue weighted by molar-refractivity contribution is 6.32. The van der Waals surface area contributed by atoms with Crippen molar-refractivity contribution in [3.8, 4) is 0 Å². The molecule has 0 atom stereocenters. The summed E-state index contributed by atoms with van der Waals surface area (Å²) in [5, 5.41) is 0.371. The first-order valence-electron chi connectivity index (χ1n) is 6.21. The highest BCUT2D eigenvalue weighted by atomic mass is 35.5. The van der Waals surface area contributed by atoms with Gasteiger partial charge >= 0.3 is 0 Å². The molecule has 2 aliphatic rings. The standard InChI is InChI=1S/C14H14ClN3O2/c1-14(2)5-8-11(16)9(15)6-20-12(8)10(14)13(19)18-4-3-17-7-18/h3-4,6-7H,5,16H2,1-2H3. The fraction of sp³-hybridized carbons (Fsp3) is 0.286. The zero-order valence-corrected chi connectivity index (χ0v) is 11.9. The molecule has 1 aromatic rings. The Labute approximate surface area is 121 Å². The van der Waals surface area contributed by atoms with Crippen molar-refractivity contribution in [1.82, 2.24) is 9.55 Å². The first kappa shape index (κ1) is 13.0. The Hall–Kier alpha value is -2.01. The van der Waals surface area contributed by atoms with Crippen molar-refractivity contribution in [2.45, 2.75) is 20.3 Å². The molecule has 1 aliphatic carbocycles. The molecule has 5 nitrogen and oxygen atoms in total. The molecular formula is C14H14ClN3O2. The van der Waals surface area contributed by atoms with Crippen molar-refractivity contribution in [2.75, 3.05) is 0 Å². The van der Waals surface area contributed by atoms with Crippen LogP contribution >= 0.6 is 11.6 Å². The number of carbonyl (C=O) groups excluding carboxylic acids is 1. The maximum Gasteiger partial charge on any atom is 0.263 e. The molecule has 0 fully saturated rings. The van der Waals surface area contributed by atoms with Gasteiger partial charge in [-0.25, -0.2) is 4.98 Å². The molecule has 0 radical (unpaired) electrons. The van der Waals surface area contributed by atoms with Crippen molar-refractivity contribution >= 4 is 17.5 Å². The van der Waals surface area contributed by atoms with Gasteiger partial charge in [-0.05, 0) is 6.42 Å². The monoisotopic (exact) mass is 291 g/mol. The van der Waals surface area contributed by atoms with E-state index in [4.69, 9.17) is 22.1 Å². The molecule has 0 bridgehead atoms. The summed E-state index contributed by atoms with van der Waals surface area (Å²) in [5.41, 5.74) is 7.50. The normalized spacial score (nSPS) is 20.6. The van der Waals surface area contributed by atoms with Crippen molar-refractivity contribution < 1.29 is 9.53 Å².